The van der Waals surface area contributed by atoms with Crippen molar-refractivity contribution in [3.8, 4) is 6.07 Å². The Balaban J connectivity index is 2.13. The Morgan fingerprint density at radius 2 is 2.21 bits per heavy atom. The van der Waals surface area contributed by atoms with Gasteiger partial charge < -0.3 is 4.90 Å². The number of likely N-dealkylation sites (tertiary alicyclic amines) is 1. The first-order valence-electron chi connectivity index (χ1n) is 6.35. The molecule has 1 atom stereocenters. The lowest BCUT2D eigenvalue weighted by Gasteiger charge is -2.37. The van der Waals surface area contributed by atoms with Crippen LogP contribution in [-0.4, -0.2) is 34.3 Å². The molecular formula is C14H16ClN3O. The summed E-state index contributed by atoms with van der Waals surface area (Å²) in [4.78, 5) is 17.9. The number of carbonyl (C=O) groups excluding carboxylic acids is 1. The summed E-state index contributed by atoms with van der Waals surface area (Å²) in [7, 11) is 0. The van der Waals surface area contributed by atoms with E-state index in [4.69, 9.17) is 11.6 Å². The molecule has 2 heterocycles. The van der Waals surface area contributed by atoms with Crippen LogP contribution in [0.25, 0.3) is 0 Å². The van der Waals surface area contributed by atoms with Crippen molar-refractivity contribution in [1.82, 2.24) is 9.88 Å². The van der Waals surface area contributed by atoms with Gasteiger partial charge in [-0.1, -0.05) is 6.07 Å². The van der Waals surface area contributed by atoms with Crippen molar-refractivity contribution in [1.29, 1.82) is 5.26 Å². The fraction of sp³-hybridized carbons (Fsp3) is 0.500. The number of carbonyl (C=O) groups is 1. The van der Waals surface area contributed by atoms with Gasteiger partial charge in [0.05, 0.1) is 11.8 Å². The minimum Gasteiger partial charge on any atom is -0.341 e. The van der Waals surface area contributed by atoms with Crippen molar-refractivity contribution in [3.05, 3.63) is 30.1 Å². The highest BCUT2D eigenvalue weighted by Gasteiger charge is 2.39. The average Bonchev–Trinajstić information content (AvgIpc) is 2.47. The van der Waals surface area contributed by atoms with E-state index in [1.54, 1.807) is 18.0 Å². The van der Waals surface area contributed by atoms with Gasteiger partial charge in [0.1, 0.15) is 10.8 Å². The van der Waals surface area contributed by atoms with Crippen molar-refractivity contribution in [2.45, 2.75) is 30.6 Å². The SMILES string of the molecule is CC(Cl)C(=O)N1CCC(C#N)(c2ccccn2)CC1. The van der Waals surface area contributed by atoms with Crippen LogP contribution in [0.3, 0.4) is 0 Å². The van der Waals surface area contributed by atoms with Crippen molar-refractivity contribution in [2.24, 2.45) is 0 Å². The highest BCUT2D eigenvalue weighted by molar-refractivity contribution is 6.30. The van der Waals surface area contributed by atoms with Gasteiger partial charge in [0, 0.05) is 19.3 Å². The van der Waals surface area contributed by atoms with Gasteiger partial charge in [-0.05, 0) is 31.9 Å². The van der Waals surface area contributed by atoms with Crippen LogP contribution in [0.4, 0.5) is 0 Å². The maximum Gasteiger partial charge on any atom is 0.240 e. The Labute approximate surface area is 118 Å². The Morgan fingerprint density at radius 3 is 2.68 bits per heavy atom. The lowest BCUT2D eigenvalue weighted by molar-refractivity contribution is -0.131. The molecule has 0 bridgehead atoms. The summed E-state index contributed by atoms with van der Waals surface area (Å²) in [5, 5.41) is 9.00. The first-order chi connectivity index (χ1) is 9.09. The molecule has 1 fully saturated rings. The predicted octanol–water partition coefficient (Wildman–Crippen LogP) is 2.09. The minimum atomic E-state index is -0.576. The fourth-order valence-electron chi connectivity index (χ4n) is 2.43. The number of alkyl halides is 1. The minimum absolute atomic E-state index is 0.0609. The molecule has 5 heteroatoms. The maximum atomic E-state index is 11.8. The third kappa shape index (κ3) is 2.71. The van der Waals surface area contributed by atoms with Crippen LogP contribution in [0.5, 0.6) is 0 Å². The van der Waals surface area contributed by atoms with Gasteiger partial charge in [-0.2, -0.15) is 5.26 Å². The molecule has 1 aromatic heterocycles. The zero-order valence-electron chi connectivity index (χ0n) is 10.8. The molecule has 0 aromatic carbocycles. The molecule has 0 saturated carbocycles. The molecule has 19 heavy (non-hydrogen) atoms. The number of pyridine rings is 1. The molecule has 2 rings (SSSR count). The van der Waals surface area contributed by atoms with Gasteiger partial charge in [0.15, 0.2) is 0 Å². The third-order valence-corrected chi connectivity index (χ3v) is 3.82. The number of piperidine rings is 1. The number of nitrogens with zero attached hydrogens (tertiary/aromatic N) is 3. The van der Waals surface area contributed by atoms with Crippen LogP contribution in [0.15, 0.2) is 24.4 Å². The van der Waals surface area contributed by atoms with E-state index in [1.165, 1.54) is 0 Å². The second-order valence-electron chi connectivity index (χ2n) is 4.85. The van der Waals surface area contributed by atoms with Crippen molar-refractivity contribution >= 4 is 17.5 Å². The Bertz CT molecular complexity index is 487. The van der Waals surface area contributed by atoms with E-state index >= 15 is 0 Å². The number of aromatic nitrogens is 1. The largest absolute Gasteiger partial charge is 0.341 e. The lowest BCUT2D eigenvalue weighted by Crippen LogP contribution is -2.46. The summed E-state index contributed by atoms with van der Waals surface area (Å²) in [6.45, 7) is 2.79. The summed E-state index contributed by atoms with van der Waals surface area (Å²) in [5.41, 5.74) is 0.219. The van der Waals surface area contributed by atoms with Gasteiger partial charge >= 0.3 is 0 Å². The van der Waals surface area contributed by atoms with Crippen molar-refractivity contribution in [2.75, 3.05) is 13.1 Å². The zero-order chi connectivity index (χ0) is 13.9. The summed E-state index contributed by atoms with van der Waals surface area (Å²) in [6, 6.07) is 7.99. The van der Waals surface area contributed by atoms with Crippen LogP contribution < -0.4 is 0 Å². The van der Waals surface area contributed by atoms with Gasteiger partial charge in [-0.15, -0.1) is 11.6 Å². The first kappa shape index (κ1) is 13.8. The normalized spacial score (nSPS) is 19.5. The lowest BCUT2D eigenvalue weighted by atomic mass is 9.76. The second kappa shape index (κ2) is 5.58. The summed E-state index contributed by atoms with van der Waals surface area (Å²) in [5.74, 6) is -0.0609. The van der Waals surface area contributed by atoms with E-state index in [2.05, 4.69) is 11.1 Å². The molecular weight excluding hydrogens is 262 g/mol. The summed E-state index contributed by atoms with van der Waals surface area (Å²) in [6.07, 6.45) is 2.92. The topological polar surface area (TPSA) is 57.0 Å². The van der Waals surface area contributed by atoms with E-state index in [9.17, 15) is 10.1 Å². The Morgan fingerprint density at radius 1 is 1.53 bits per heavy atom. The highest BCUT2D eigenvalue weighted by Crippen LogP contribution is 2.33. The number of halogens is 1. The molecule has 0 aliphatic carbocycles. The first-order valence-corrected chi connectivity index (χ1v) is 6.78. The van der Waals surface area contributed by atoms with E-state index in [0.717, 1.165) is 5.69 Å². The van der Waals surface area contributed by atoms with E-state index in [1.807, 2.05) is 18.2 Å². The van der Waals surface area contributed by atoms with Crippen LogP contribution in [-0.2, 0) is 10.2 Å². The predicted molar refractivity (Wildman–Crippen MR) is 72.7 cm³/mol. The van der Waals surface area contributed by atoms with E-state index in [-0.39, 0.29) is 5.91 Å². The molecule has 1 unspecified atom stereocenters. The molecule has 0 radical (unpaired) electrons. The smallest absolute Gasteiger partial charge is 0.240 e. The molecule has 4 nitrogen and oxygen atoms in total. The third-order valence-electron chi connectivity index (χ3n) is 3.64. The molecule has 0 N–H and O–H groups in total. The monoisotopic (exact) mass is 277 g/mol. The van der Waals surface area contributed by atoms with E-state index in [0.29, 0.717) is 25.9 Å². The van der Waals surface area contributed by atoms with Crippen molar-refractivity contribution in [3.63, 3.8) is 0 Å². The summed E-state index contributed by atoms with van der Waals surface area (Å²) < 4.78 is 0. The van der Waals surface area contributed by atoms with Crippen molar-refractivity contribution < 1.29 is 4.79 Å². The van der Waals surface area contributed by atoms with Crippen LogP contribution >= 0.6 is 11.6 Å². The van der Waals surface area contributed by atoms with Crippen LogP contribution in [0.1, 0.15) is 25.5 Å². The van der Waals surface area contributed by atoms with Gasteiger partial charge in [0.25, 0.3) is 0 Å². The molecule has 1 aliphatic heterocycles. The average molecular weight is 278 g/mol. The van der Waals surface area contributed by atoms with Gasteiger partial charge in [-0.25, -0.2) is 0 Å². The molecule has 1 aromatic rings. The number of amides is 1. The number of nitriles is 1. The molecule has 1 saturated heterocycles. The number of hydrogen-bond acceptors (Lipinski definition) is 3. The molecule has 100 valence electrons. The standard InChI is InChI=1S/C14H16ClN3O/c1-11(15)13(19)18-8-5-14(10-16,6-9-18)12-4-2-3-7-17-12/h2-4,7,11H,5-6,8-9H2,1H3. The maximum absolute atomic E-state index is 11.8. The van der Waals surface area contributed by atoms with Gasteiger partial charge in [0.2, 0.25) is 5.91 Å². The number of hydrogen-bond donors (Lipinski definition) is 0. The van der Waals surface area contributed by atoms with Crippen LogP contribution in [0.2, 0.25) is 0 Å². The fourth-order valence-corrected chi connectivity index (χ4v) is 2.57. The molecule has 1 amide bonds. The summed E-state index contributed by atoms with van der Waals surface area (Å²) >= 11 is 5.81. The second-order valence-corrected chi connectivity index (χ2v) is 5.50. The Kier molecular flexibility index (Phi) is 4.06. The quantitative estimate of drug-likeness (QED) is 0.778. The molecule has 0 spiro atoms. The zero-order valence-corrected chi connectivity index (χ0v) is 11.6. The number of rotatable bonds is 2. The van der Waals surface area contributed by atoms with E-state index < -0.39 is 10.8 Å². The molecule has 1 aliphatic rings. The van der Waals surface area contributed by atoms with Crippen LogP contribution in [0, 0.1) is 11.3 Å². The van der Waals surface area contributed by atoms with Gasteiger partial charge in [-0.3, -0.25) is 9.78 Å². The Hall–Kier alpha value is -1.60. The highest BCUT2D eigenvalue weighted by atomic mass is 35.5.